The van der Waals surface area contributed by atoms with Crippen molar-refractivity contribution in [2.45, 2.75) is 0 Å². The number of aliphatic imine (C=N–C) groups is 1. The summed E-state index contributed by atoms with van der Waals surface area (Å²) in [5.41, 5.74) is 0.781. The van der Waals surface area contributed by atoms with E-state index in [0.717, 1.165) is 10.2 Å². The number of rotatable bonds is 2. The molecular weight excluding hydrogens is 420 g/mol. The Bertz CT molecular complexity index is 751. The normalized spacial score (nSPS) is 18.5. The summed E-state index contributed by atoms with van der Waals surface area (Å²) in [6.07, 6.45) is 1.69. The number of amides is 1. The van der Waals surface area contributed by atoms with Crippen LogP contribution in [0.15, 0.2) is 59.9 Å². The van der Waals surface area contributed by atoms with Crippen molar-refractivity contribution in [1.82, 2.24) is 5.32 Å². The van der Waals surface area contributed by atoms with Crippen LogP contribution in [-0.2, 0) is 4.79 Å². The molecule has 106 valence electrons. The molecule has 7 heteroatoms. The van der Waals surface area contributed by atoms with E-state index in [0.29, 0.717) is 20.5 Å². The highest BCUT2D eigenvalue weighted by Crippen LogP contribution is 2.29. The van der Waals surface area contributed by atoms with Gasteiger partial charge in [0, 0.05) is 10.5 Å². The molecular formula is C14H8Br2N2O2S. The van der Waals surface area contributed by atoms with Gasteiger partial charge in [-0.25, -0.2) is 4.99 Å². The highest BCUT2D eigenvalue weighted by molar-refractivity contribution is 9.10. The highest BCUT2D eigenvalue weighted by atomic mass is 79.9. The summed E-state index contributed by atoms with van der Waals surface area (Å²) in [6, 6.07) is 11.1. The summed E-state index contributed by atoms with van der Waals surface area (Å²) >= 11 is 7.88. The van der Waals surface area contributed by atoms with Gasteiger partial charge in [0.15, 0.2) is 9.84 Å². The van der Waals surface area contributed by atoms with Gasteiger partial charge in [0.25, 0.3) is 5.91 Å². The number of halogens is 2. The van der Waals surface area contributed by atoms with Crippen molar-refractivity contribution in [1.29, 1.82) is 0 Å². The van der Waals surface area contributed by atoms with Gasteiger partial charge in [0.1, 0.15) is 5.76 Å². The molecule has 0 spiro atoms. The van der Waals surface area contributed by atoms with Crippen LogP contribution in [0, 0.1) is 0 Å². The lowest BCUT2D eigenvalue weighted by Gasteiger charge is -1.96. The second-order valence-corrected chi connectivity index (χ2v) is 6.83. The highest BCUT2D eigenvalue weighted by Gasteiger charge is 2.24. The molecule has 4 nitrogen and oxygen atoms in total. The Morgan fingerprint density at radius 1 is 1.14 bits per heavy atom. The summed E-state index contributed by atoms with van der Waals surface area (Å²) in [5.74, 6) is 0.438. The predicted octanol–water partition coefficient (Wildman–Crippen LogP) is 4.70. The molecule has 1 aromatic carbocycles. The summed E-state index contributed by atoms with van der Waals surface area (Å²) in [7, 11) is 0. The molecule has 1 saturated heterocycles. The van der Waals surface area contributed by atoms with Gasteiger partial charge < -0.3 is 9.73 Å². The first-order chi connectivity index (χ1) is 10.1. The zero-order valence-electron chi connectivity index (χ0n) is 10.5. The number of carbonyl (C=O) groups excluding carboxylic acids is 1. The van der Waals surface area contributed by atoms with Crippen molar-refractivity contribution < 1.29 is 9.21 Å². The van der Waals surface area contributed by atoms with Gasteiger partial charge in [-0.3, -0.25) is 4.79 Å². The maximum atomic E-state index is 11.9. The van der Waals surface area contributed by atoms with Gasteiger partial charge >= 0.3 is 0 Å². The third kappa shape index (κ3) is 3.66. The van der Waals surface area contributed by atoms with Crippen LogP contribution in [0.2, 0.25) is 0 Å². The second-order valence-electron chi connectivity index (χ2n) is 4.10. The first-order valence-corrected chi connectivity index (χ1v) is 8.31. The molecule has 3 rings (SSSR count). The molecule has 0 radical (unpaired) electrons. The monoisotopic (exact) mass is 426 g/mol. The van der Waals surface area contributed by atoms with Crippen LogP contribution in [0.1, 0.15) is 5.76 Å². The number of nitrogens with zero attached hydrogens (tertiary/aromatic N) is 1. The molecule has 1 fully saturated rings. The van der Waals surface area contributed by atoms with E-state index in [2.05, 4.69) is 42.2 Å². The Hall–Kier alpha value is -1.31. The van der Waals surface area contributed by atoms with Crippen molar-refractivity contribution >= 4 is 66.5 Å². The Morgan fingerprint density at radius 3 is 2.57 bits per heavy atom. The van der Waals surface area contributed by atoms with Crippen molar-refractivity contribution in [2.24, 2.45) is 4.99 Å². The van der Waals surface area contributed by atoms with Gasteiger partial charge in [-0.2, -0.15) is 0 Å². The molecule has 0 bridgehead atoms. The van der Waals surface area contributed by atoms with Gasteiger partial charge in [-0.1, -0.05) is 15.9 Å². The lowest BCUT2D eigenvalue weighted by molar-refractivity contribution is -0.115. The fourth-order valence-corrected chi connectivity index (χ4v) is 3.05. The van der Waals surface area contributed by atoms with Gasteiger partial charge in [-0.15, -0.1) is 0 Å². The second kappa shape index (κ2) is 6.21. The summed E-state index contributed by atoms with van der Waals surface area (Å²) < 4.78 is 6.97. The molecule has 1 aliphatic heterocycles. The molecule has 2 aromatic rings. The minimum atomic E-state index is -0.177. The van der Waals surface area contributed by atoms with E-state index in [-0.39, 0.29) is 5.91 Å². The van der Waals surface area contributed by atoms with Crippen LogP contribution in [0.3, 0.4) is 0 Å². The fourth-order valence-electron chi connectivity index (χ4n) is 1.65. The molecule has 1 amide bonds. The SMILES string of the molecule is O=C1NC(=Nc2ccc(Br)cc2)SC1=Cc1ccc(Br)o1. The maximum absolute atomic E-state index is 11.9. The van der Waals surface area contributed by atoms with E-state index in [1.807, 2.05) is 24.3 Å². The first-order valence-electron chi connectivity index (χ1n) is 5.91. The largest absolute Gasteiger partial charge is 0.450 e. The third-order valence-corrected chi connectivity index (χ3v) is 4.44. The topological polar surface area (TPSA) is 54.6 Å². The van der Waals surface area contributed by atoms with Crippen LogP contribution in [0.25, 0.3) is 6.08 Å². The summed E-state index contributed by atoms with van der Waals surface area (Å²) in [5, 5.41) is 3.29. The molecule has 0 atom stereocenters. The number of hydrogen-bond acceptors (Lipinski definition) is 4. The number of carbonyl (C=O) groups is 1. The van der Waals surface area contributed by atoms with E-state index >= 15 is 0 Å². The van der Waals surface area contributed by atoms with E-state index < -0.39 is 0 Å². The lowest BCUT2D eigenvalue weighted by Crippen LogP contribution is -2.19. The fraction of sp³-hybridized carbons (Fsp3) is 0. The Morgan fingerprint density at radius 2 is 1.90 bits per heavy atom. The average Bonchev–Trinajstić information content (AvgIpc) is 3.00. The molecule has 1 aromatic heterocycles. The molecule has 21 heavy (non-hydrogen) atoms. The summed E-state index contributed by atoms with van der Waals surface area (Å²) in [6.45, 7) is 0. The number of nitrogens with one attached hydrogen (secondary N) is 1. The molecule has 0 aliphatic carbocycles. The van der Waals surface area contributed by atoms with E-state index in [9.17, 15) is 4.79 Å². The van der Waals surface area contributed by atoms with Crippen LogP contribution >= 0.6 is 43.6 Å². The van der Waals surface area contributed by atoms with Crippen molar-refractivity contribution in [3.8, 4) is 0 Å². The van der Waals surface area contributed by atoms with Crippen LogP contribution in [0.4, 0.5) is 5.69 Å². The lowest BCUT2D eigenvalue weighted by atomic mass is 10.3. The third-order valence-electron chi connectivity index (χ3n) is 2.58. The average molecular weight is 428 g/mol. The van der Waals surface area contributed by atoms with E-state index in [1.54, 1.807) is 18.2 Å². The Balaban J connectivity index is 1.81. The molecule has 1 N–H and O–H groups in total. The van der Waals surface area contributed by atoms with Gasteiger partial charge in [-0.05, 0) is 64.1 Å². The smallest absolute Gasteiger partial charge is 0.264 e. The van der Waals surface area contributed by atoms with Crippen LogP contribution in [0.5, 0.6) is 0 Å². The summed E-state index contributed by atoms with van der Waals surface area (Å²) in [4.78, 5) is 16.8. The molecule has 1 aliphatic rings. The van der Waals surface area contributed by atoms with Gasteiger partial charge in [0.2, 0.25) is 0 Å². The Kier molecular flexibility index (Phi) is 4.32. The molecule has 2 heterocycles. The molecule has 0 unspecified atom stereocenters. The van der Waals surface area contributed by atoms with E-state index in [1.165, 1.54) is 11.8 Å². The number of furan rings is 1. The van der Waals surface area contributed by atoms with Crippen molar-refractivity contribution in [3.63, 3.8) is 0 Å². The predicted molar refractivity (Wildman–Crippen MR) is 91.4 cm³/mol. The zero-order chi connectivity index (χ0) is 14.8. The number of amidine groups is 1. The van der Waals surface area contributed by atoms with Crippen molar-refractivity contribution in [3.05, 3.63) is 56.2 Å². The maximum Gasteiger partial charge on any atom is 0.264 e. The van der Waals surface area contributed by atoms with Crippen molar-refractivity contribution in [2.75, 3.05) is 0 Å². The number of hydrogen-bond donors (Lipinski definition) is 1. The Labute approximate surface area is 142 Å². The number of thioether (sulfide) groups is 1. The minimum Gasteiger partial charge on any atom is -0.450 e. The van der Waals surface area contributed by atoms with Crippen LogP contribution < -0.4 is 5.32 Å². The van der Waals surface area contributed by atoms with Crippen LogP contribution in [-0.4, -0.2) is 11.1 Å². The first kappa shape index (κ1) is 14.6. The van der Waals surface area contributed by atoms with E-state index in [4.69, 9.17) is 4.42 Å². The zero-order valence-corrected chi connectivity index (χ0v) is 14.5. The quantitative estimate of drug-likeness (QED) is 0.707. The molecule has 0 saturated carbocycles. The number of benzene rings is 1. The van der Waals surface area contributed by atoms with Gasteiger partial charge in [0.05, 0.1) is 10.6 Å². The standard InChI is InChI=1S/C14H8Br2N2O2S/c15-8-1-3-9(4-2-8)17-14-18-13(19)11(21-14)7-10-5-6-12(16)20-10/h1-7H,(H,17,18,19). The minimum absolute atomic E-state index is 0.177.